The molecule has 9 nitrogen and oxygen atoms in total. The Morgan fingerprint density at radius 2 is 1.94 bits per heavy atom. The third-order valence-electron chi connectivity index (χ3n) is 5.76. The van der Waals surface area contributed by atoms with Gasteiger partial charge in [0.2, 0.25) is 11.9 Å². The maximum Gasteiger partial charge on any atom is 0.323 e. The molecule has 0 saturated carbocycles. The van der Waals surface area contributed by atoms with E-state index in [2.05, 4.69) is 42.6 Å². The Balaban J connectivity index is 1.29. The van der Waals surface area contributed by atoms with E-state index in [0.717, 1.165) is 30.1 Å². The van der Waals surface area contributed by atoms with Gasteiger partial charge in [-0.15, -0.1) is 0 Å². The van der Waals surface area contributed by atoms with Crippen LogP contribution in [0.3, 0.4) is 0 Å². The van der Waals surface area contributed by atoms with Crippen LogP contribution < -0.4 is 15.4 Å². The molecule has 4 heterocycles. The fraction of sp³-hybridized carbons (Fsp3) is 0.417. The molecule has 2 aliphatic heterocycles. The number of hydrogen-bond acceptors (Lipinski definition) is 9. The van der Waals surface area contributed by atoms with Crippen LogP contribution in [0.2, 0.25) is 0 Å². The Morgan fingerprint density at radius 3 is 2.76 bits per heavy atom. The van der Waals surface area contributed by atoms with Crippen molar-refractivity contribution < 1.29 is 9.15 Å². The number of anilines is 3. The lowest BCUT2D eigenvalue weighted by molar-refractivity contribution is 0.258. The van der Waals surface area contributed by atoms with Crippen LogP contribution in [0, 0.1) is 0 Å². The molecule has 0 bridgehead atoms. The number of hydrogen-bond donors (Lipinski definition) is 2. The van der Waals surface area contributed by atoms with Crippen molar-refractivity contribution in [2.24, 2.45) is 4.99 Å². The van der Waals surface area contributed by atoms with E-state index in [9.17, 15) is 0 Å². The van der Waals surface area contributed by atoms with Crippen molar-refractivity contribution in [3.63, 3.8) is 0 Å². The highest BCUT2D eigenvalue weighted by molar-refractivity contribution is 5.96. The molecule has 0 radical (unpaired) electrons. The summed E-state index contributed by atoms with van der Waals surface area (Å²) in [7, 11) is 0. The van der Waals surface area contributed by atoms with Crippen LogP contribution in [-0.2, 0) is 13.0 Å². The third kappa shape index (κ3) is 5.48. The Kier molecular flexibility index (Phi) is 6.48. The van der Waals surface area contributed by atoms with Crippen molar-refractivity contribution in [1.82, 2.24) is 19.9 Å². The number of piperidine rings is 1. The summed E-state index contributed by atoms with van der Waals surface area (Å²) in [6.07, 6.45) is 6.50. The highest BCUT2D eigenvalue weighted by atomic mass is 16.5. The molecule has 0 atom stereocenters. The standard InChI is InChI=1S/C24H29N7O2/c1-2-32-24-29-22(25-15-20-7-6-12-33-20)28-23(30-24)27-18-9-8-17-13-19(26-21(17)14-18)16-31-10-4-3-5-11-31/h6-9,12,14H,2-5,10-11,13,15-16H2,1H3,(H2,25,27,28,29,30). The molecule has 2 N–H and O–H groups in total. The maximum absolute atomic E-state index is 5.53. The average molecular weight is 448 g/mol. The molecule has 5 rings (SSSR count). The number of aromatic nitrogens is 3. The number of ether oxygens (including phenoxy) is 1. The first-order valence-corrected chi connectivity index (χ1v) is 11.6. The minimum atomic E-state index is 0.264. The molecule has 0 spiro atoms. The van der Waals surface area contributed by atoms with E-state index >= 15 is 0 Å². The number of benzene rings is 1. The fourth-order valence-electron chi connectivity index (χ4n) is 4.19. The first-order valence-electron chi connectivity index (χ1n) is 11.6. The van der Waals surface area contributed by atoms with Crippen molar-refractivity contribution in [2.45, 2.75) is 39.2 Å². The largest absolute Gasteiger partial charge is 0.467 e. The van der Waals surface area contributed by atoms with Crippen LogP contribution in [-0.4, -0.2) is 51.8 Å². The molecule has 1 aromatic carbocycles. The van der Waals surface area contributed by atoms with Crippen LogP contribution in [0.4, 0.5) is 23.3 Å². The molecule has 0 unspecified atom stereocenters. The van der Waals surface area contributed by atoms with Crippen molar-refractivity contribution in [3.05, 3.63) is 47.9 Å². The Morgan fingerprint density at radius 1 is 1.06 bits per heavy atom. The molecule has 1 saturated heterocycles. The topological polar surface area (TPSA) is 101 Å². The van der Waals surface area contributed by atoms with Gasteiger partial charge in [0.25, 0.3) is 0 Å². The average Bonchev–Trinajstić information content (AvgIpc) is 3.48. The minimum Gasteiger partial charge on any atom is -0.467 e. The van der Waals surface area contributed by atoms with Gasteiger partial charge < -0.3 is 19.8 Å². The molecule has 2 aliphatic rings. The van der Waals surface area contributed by atoms with Gasteiger partial charge in [0.05, 0.1) is 25.1 Å². The van der Waals surface area contributed by atoms with Crippen LogP contribution in [0.5, 0.6) is 6.01 Å². The van der Waals surface area contributed by atoms with E-state index in [0.29, 0.717) is 25.0 Å². The van der Waals surface area contributed by atoms with E-state index in [1.165, 1.54) is 43.6 Å². The van der Waals surface area contributed by atoms with Crippen molar-refractivity contribution in [2.75, 3.05) is 36.9 Å². The number of likely N-dealkylation sites (tertiary alicyclic amines) is 1. The molecular formula is C24H29N7O2. The van der Waals surface area contributed by atoms with Crippen molar-refractivity contribution >= 4 is 29.0 Å². The second-order valence-electron chi connectivity index (χ2n) is 8.29. The lowest BCUT2D eigenvalue weighted by atomic mass is 10.1. The zero-order valence-electron chi connectivity index (χ0n) is 18.9. The summed E-state index contributed by atoms with van der Waals surface area (Å²) in [4.78, 5) is 20.6. The Labute approximate surface area is 193 Å². The van der Waals surface area contributed by atoms with Gasteiger partial charge in [-0.1, -0.05) is 12.5 Å². The summed E-state index contributed by atoms with van der Waals surface area (Å²) in [6, 6.07) is 10.2. The molecule has 33 heavy (non-hydrogen) atoms. The fourth-order valence-corrected chi connectivity index (χ4v) is 4.19. The van der Waals surface area contributed by atoms with E-state index < -0.39 is 0 Å². The van der Waals surface area contributed by atoms with Gasteiger partial charge in [-0.2, -0.15) is 15.0 Å². The summed E-state index contributed by atoms with van der Waals surface area (Å²) < 4.78 is 10.9. The Bertz CT molecular complexity index is 1110. The second kappa shape index (κ2) is 9.99. The van der Waals surface area contributed by atoms with Crippen LogP contribution >= 0.6 is 0 Å². The number of nitrogens with zero attached hydrogens (tertiary/aromatic N) is 5. The van der Waals surface area contributed by atoms with Gasteiger partial charge in [-0.25, -0.2) is 0 Å². The highest BCUT2D eigenvalue weighted by Gasteiger charge is 2.19. The van der Waals surface area contributed by atoms with Crippen molar-refractivity contribution in [1.29, 1.82) is 0 Å². The van der Waals surface area contributed by atoms with E-state index in [-0.39, 0.29) is 6.01 Å². The second-order valence-corrected chi connectivity index (χ2v) is 8.29. The predicted molar refractivity (Wildman–Crippen MR) is 128 cm³/mol. The molecule has 2 aromatic heterocycles. The van der Waals surface area contributed by atoms with Crippen LogP contribution in [0.1, 0.15) is 37.5 Å². The molecule has 9 heteroatoms. The first-order chi connectivity index (χ1) is 16.2. The van der Waals surface area contributed by atoms with Gasteiger partial charge in [-0.05, 0) is 62.7 Å². The lowest BCUT2D eigenvalue weighted by Gasteiger charge is -2.26. The van der Waals surface area contributed by atoms with E-state index in [1.54, 1.807) is 6.26 Å². The van der Waals surface area contributed by atoms with Gasteiger partial charge in [0, 0.05) is 24.4 Å². The van der Waals surface area contributed by atoms with Crippen LogP contribution in [0.15, 0.2) is 46.0 Å². The zero-order valence-corrected chi connectivity index (χ0v) is 18.9. The summed E-state index contributed by atoms with van der Waals surface area (Å²) in [5.74, 6) is 1.61. The number of rotatable bonds is 9. The quantitative estimate of drug-likeness (QED) is 0.500. The first kappa shape index (κ1) is 21.4. The summed E-state index contributed by atoms with van der Waals surface area (Å²) in [5, 5.41) is 6.43. The highest BCUT2D eigenvalue weighted by Crippen LogP contribution is 2.31. The molecule has 172 valence electrons. The number of fused-ring (bicyclic) bond motifs is 1. The van der Waals surface area contributed by atoms with Gasteiger partial charge in [0.1, 0.15) is 5.76 Å². The van der Waals surface area contributed by atoms with E-state index in [4.69, 9.17) is 14.1 Å². The molecular weight excluding hydrogens is 418 g/mol. The Hall–Kier alpha value is -3.46. The van der Waals surface area contributed by atoms with Crippen molar-refractivity contribution in [3.8, 4) is 6.01 Å². The summed E-state index contributed by atoms with van der Waals surface area (Å²) in [6.45, 7) is 6.16. The monoisotopic (exact) mass is 447 g/mol. The SMILES string of the molecule is CCOc1nc(NCc2ccco2)nc(Nc2ccc3c(c2)N=C(CN2CCCCC2)C3)n1. The molecule has 3 aromatic rings. The van der Waals surface area contributed by atoms with E-state index in [1.807, 2.05) is 25.1 Å². The smallest absolute Gasteiger partial charge is 0.323 e. The maximum atomic E-state index is 5.53. The number of nitrogens with one attached hydrogen (secondary N) is 2. The van der Waals surface area contributed by atoms with Gasteiger partial charge >= 0.3 is 6.01 Å². The number of furan rings is 1. The predicted octanol–water partition coefficient (Wildman–Crippen LogP) is 4.33. The van der Waals surface area contributed by atoms with Gasteiger partial charge in [-0.3, -0.25) is 9.89 Å². The number of aliphatic imine (C=N–C) groups is 1. The molecule has 0 amide bonds. The molecule has 0 aliphatic carbocycles. The summed E-state index contributed by atoms with van der Waals surface area (Å²) >= 11 is 0. The third-order valence-corrected chi connectivity index (χ3v) is 5.76. The van der Waals surface area contributed by atoms with Gasteiger partial charge in [0.15, 0.2) is 0 Å². The summed E-state index contributed by atoms with van der Waals surface area (Å²) in [5.41, 5.74) is 4.40. The minimum absolute atomic E-state index is 0.264. The molecule has 1 fully saturated rings. The normalized spacial score (nSPS) is 15.7. The lowest BCUT2D eigenvalue weighted by Crippen LogP contribution is -2.34. The van der Waals surface area contributed by atoms with Crippen LogP contribution in [0.25, 0.3) is 0 Å². The zero-order chi connectivity index (χ0) is 22.5.